The van der Waals surface area contributed by atoms with Crippen LogP contribution < -0.4 is 9.47 Å². The van der Waals surface area contributed by atoms with Crippen LogP contribution in [0, 0.1) is 0 Å². The first-order valence-corrected chi connectivity index (χ1v) is 7.79. The van der Waals surface area contributed by atoms with E-state index >= 15 is 0 Å². The third-order valence-electron chi connectivity index (χ3n) is 5.73. The molecule has 1 N–H and O–H groups in total. The molecule has 3 aliphatic heterocycles. The van der Waals surface area contributed by atoms with Gasteiger partial charge in [-0.1, -0.05) is 12.2 Å². The zero-order valence-electron chi connectivity index (χ0n) is 12.5. The van der Waals surface area contributed by atoms with E-state index in [0.717, 1.165) is 24.5 Å². The van der Waals surface area contributed by atoms with Gasteiger partial charge in [0.05, 0.1) is 17.6 Å². The maximum Gasteiger partial charge on any atom is 0.231 e. The summed E-state index contributed by atoms with van der Waals surface area (Å²) in [7, 11) is 1.75. The topological polar surface area (TPSA) is 51.2 Å². The van der Waals surface area contributed by atoms with Gasteiger partial charge in [0.25, 0.3) is 0 Å². The Hall–Kier alpha value is -1.56. The molecule has 1 aromatic rings. The average Bonchev–Trinajstić information content (AvgIpc) is 3.06. The summed E-state index contributed by atoms with van der Waals surface area (Å²) in [5.41, 5.74) is 2.08. The van der Waals surface area contributed by atoms with Crippen molar-refractivity contribution >= 4 is 0 Å². The predicted octanol–water partition coefficient (Wildman–Crippen LogP) is 1.19. The molecule has 5 heteroatoms. The first kappa shape index (κ1) is 12.9. The first-order valence-electron chi connectivity index (χ1n) is 7.79. The molecule has 1 saturated heterocycles. The van der Waals surface area contributed by atoms with Crippen LogP contribution in [0.5, 0.6) is 11.5 Å². The van der Waals surface area contributed by atoms with Crippen LogP contribution in [0.15, 0.2) is 24.3 Å². The van der Waals surface area contributed by atoms with E-state index in [4.69, 9.17) is 14.2 Å². The van der Waals surface area contributed by atoms with Crippen LogP contribution in [0.2, 0.25) is 0 Å². The van der Waals surface area contributed by atoms with Crippen LogP contribution in [0.4, 0.5) is 0 Å². The zero-order chi connectivity index (χ0) is 14.9. The summed E-state index contributed by atoms with van der Waals surface area (Å²) in [6.07, 6.45) is 4.91. The molecule has 0 spiro atoms. The Morgan fingerprint density at radius 2 is 2.14 bits per heavy atom. The van der Waals surface area contributed by atoms with Gasteiger partial charge < -0.3 is 19.3 Å². The highest BCUT2D eigenvalue weighted by molar-refractivity contribution is 5.56. The van der Waals surface area contributed by atoms with Crippen LogP contribution in [-0.4, -0.2) is 48.7 Å². The van der Waals surface area contributed by atoms with Gasteiger partial charge in [-0.3, -0.25) is 4.90 Å². The molecule has 3 heterocycles. The number of aliphatic hydroxyl groups excluding tert-OH is 1. The highest BCUT2D eigenvalue weighted by Gasteiger charge is 2.58. The third kappa shape index (κ3) is 1.44. The second-order valence-electron chi connectivity index (χ2n) is 6.63. The summed E-state index contributed by atoms with van der Waals surface area (Å²) in [4.78, 5) is 2.38. The Kier molecular flexibility index (Phi) is 2.50. The predicted molar refractivity (Wildman–Crippen MR) is 79.0 cm³/mol. The van der Waals surface area contributed by atoms with E-state index in [-0.39, 0.29) is 24.4 Å². The number of aliphatic hydroxyl groups is 1. The lowest BCUT2D eigenvalue weighted by Crippen LogP contribution is -2.52. The van der Waals surface area contributed by atoms with Crippen molar-refractivity contribution in [3.05, 3.63) is 35.4 Å². The Balaban J connectivity index is 1.72. The molecule has 2 bridgehead atoms. The summed E-state index contributed by atoms with van der Waals surface area (Å²) in [5.74, 6) is 1.61. The van der Waals surface area contributed by atoms with E-state index < -0.39 is 6.10 Å². The quantitative estimate of drug-likeness (QED) is 0.790. The number of ether oxygens (including phenoxy) is 3. The Morgan fingerprint density at radius 3 is 2.95 bits per heavy atom. The summed E-state index contributed by atoms with van der Waals surface area (Å²) in [6, 6.07) is 4.44. The highest BCUT2D eigenvalue weighted by Crippen LogP contribution is 2.53. The molecule has 22 heavy (non-hydrogen) atoms. The molecule has 116 valence electrons. The standard InChI is InChI=1S/C17H19NO4/c1-20-11-2-3-17-12-6-14-13(21-9-22-14)4-10(12)7-18(8-16(17)19)15(17)5-11/h2-4,6,11,15-16,19H,5,7-9H2,1H3/t11?,15-,16+,17-/m0/s1. The van der Waals surface area contributed by atoms with E-state index in [1.165, 1.54) is 11.1 Å². The summed E-state index contributed by atoms with van der Waals surface area (Å²) < 4.78 is 16.6. The SMILES string of the molecule is COC1C=C[C@@]23c4cc5c(cc4CN(C[C@H]2O)[C@H]3C1)OCO5. The van der Waals surface area contributed by atoms with E-state index in [1.807, 2.05) is 0 Å². The molecule has 5 atom stereocenters. The van der Waals surface area contributed by atoms with Crippen molar-refractivity contribution < 1.29 is 19.3 Å². The smallest absolute Gasteiger partial charge is 0.231 e. The van der Waals surface area contributed by atoms with Gasteiger partial charge in [0, 0.05) is 26.2 Å². The molecule has 0 amide bonds. The van der Waals surface area contributed by atoms with Crippen molar-refractivity contribution in [3.63, 3.8) is 0 Å². The van der Waals surface area contributed by atoms with Crippen molar-refractivity contribution in [2.45, 2.75) is 36.6 Å². The molecular formula is C17H19NO4. The summed E-state index contributed by atoms with van der Waals surface area (Å²) >= 11 is 0. The van der Waals surface area contributed by atoms with Gasteiger partial charge in [0.1, 0.15) is 0 Å². The summed E-state index contributed by atoms with van der Waals surface area (Å²) in [6.45, 7) is 1.83. The van der Waals surface area contributed by atoms with Crippen LogP contribution in [0.25, 0.3) is 0 Å². The number of methoxy groups -OCH3 is 1. The van der Waals surface area contributed by atoms with Crippen molar-refractivity contribution in [3.8, 4) is 11.5 Å². The van der Waals surface area contributed by atoms with Gasteiger partial charge >= 0.3 is 0 Å². The maximum absolute atomic E-state index is 10.8. The minimum absolute atomic E-state index is 0.126. The number of benzene rings is 1. The Labute approximate surface area is 129 Å². The minimum atomic E-state index is -0.395. The van der Waals surface area contributed by atoms with Crippen molar-refractivity contribution in [2.24, 2.45) is 0 Å². The lowest BCUT2D eigenvalue weighted by atomic mass is 9.65. The van der Waals surface area contributed by atoms with E-state index in [9.17, 15) is 5.11 Å². The van der Waals surface area contributed by atoms with Gasteiger partial charge in [-0.25, -0.2) is 0 Å². The van der Waals surface area contributed by atoms with Gasteiger partial charge in [-0.05, 0) is 29.7 Å². The van der Waals surface area contributed by atoms with Gasteiger partial charge in [-0.15, -0.1) is 0 Å². The van der Waals surface area contributed by atoms with Crippen LogP contribution in [0.3, 0.4) is 0 Å². The van der Waals surface area contributed by atoms with Crippen molar-refractivity contribution in [1.82, 2.24) is 4.90 Å². The van der Waals surface area contributed by atoms with Gasteiger partial charge in [-0.2, -0.15) is 0 Å². The fraction of sp³-hybridized carbons (Fsp3) is 0.529. The van der Waals surface area contributed by atoms with Gasteiger partial charge in [0.2, 0.25) is 6.79 Å². The average molecular weight is 301 g/mol. The normalized spacial score (nSPS) is 40.5. The molecule has 1 fully saturated rings. The number of rotatable bonds is 1. The third-order valence-corrected chi connectivity index (χ3v) is 5.73. The molecular weight excluding hydrogens is 282 g/mol. The Bertz CT molecular complexity index is 673. The molecule has 0 aromatic heterocycles. The lowest BCUT2D eigenvalue weighted by Gasteiger charge is -2.46. The molecule has 5 rings (SSSR count). The molecule has 0 saturated carbocycles. The number of fused-ring (bicyclic) bond motifs is 2. The molecule has 1 aromatic carbocycles. The zero-order valence-corrected chi connectivity index (χ0v) is 12.5. The van der Waals surface area contributed by atoms with Gasteiger partial charge in [0.15, 0.2) is 11.5 Å². The maximum atomic E-state index is 10.8. The minimum Gasteiger partial charge on any atom is -0.454 e. The second kappa shape index (κ2) is 4.25. The van der Waals surface area contributed by atoms with E-state index in [0.29, 0.717) is 6.54 Å². The number of hydrogen-bond acceptors (Lipinski definition) is 5. The molecule has 2 unspecified atom stereocenters. The lowest BCUT2D eigenvalue weighted by molar-refractivity contribution is 0.0660. The molecule has 4 aliphatic rings. The largest absolute Gasteiger partial charge is 0.454 e. The second-order valence-corrected chi connectivity index (χ2v) is 6.63. The fourth-order valence-electron chi connectivity index (χ4n) is 4.69. The fourth-order valence-corrected chi connectivity index (χ4v) is 4.69. The number of hydrogen-bond donors (Lipinski definition) is 1. The summed E-state index contributed by atoms with van der Waals surface area (Å²) in [5, 5.41) is 10.8. The van der Waals surface area contributed by atoms with Crippen molar-refractivity contribution in [1.29, 1.82) is 0 Å². The van der Waals surface area contributed by atoms with E-state index in [1.54, 1.807) is 7.11 Å². The van der Waals surface area contributed by atoms with Crippen LogP contribution in [-0.2, 0) is 16.7 Å². The molecule has 1 aliphatic carbocycles. The monoisotopic (exact) mass is 301 g/mol. The Morgan fingerprint density at radius 1 is 1.32 bits per heavy atom. The van der Waals surface area contributed by atoms with Crippen LogP contribution >= 0.6 is 0 Å². The molecule has 0 radical (unpaired) electrons. The molecule has 5 nitrogen and oxygen atoms in total. The van der Waals surface area contributed by atoms with Crippen LogP contribution in [0.1, 0.15) is 17.5 Å². The van der Waals surface area contributed by atoms with Crippen molar-refractivity contribution in [2.75, 3.05) is 20.4 Å². The highest BCUT2D eigenvalue weighted by atomic mass is 16.7. The first-order chi connectivity index (χ1) is 10.7. The number of nitrogens with zero attached hydrogens (tertiary/aromatic N) is 1. The van der Waals surface area contributed by atoms with E-state index in [2.05, 4.69) is 29.2 Å².